The number of unbranched alkanes of at least 4 members (excludes halogenated alkanes) is 5. The van der Waals surface area contributed by atoms with Gasteiger partial charge in [0.15, 0.2) is 11.9 Å². The predicted molar refractivity (Wildman–Crippen MR) is 75.5 cm³/mol. The highest BCUT2D eigenvalue weighted by atomic mass is 35.5. The van der Waals surface area contributed by atoms with E-state index in [0.717, 1.165) is 32.4 Å². The first-order valence-corrected chi connectivity index (χ1v) is 5.76. The molecule has 0 aliphatic heterocycles. The standard InChI is InChI=1S/C10H24N6.ClH/c11-9(12)15-7-5-3-1-2-4-6-8-16-10(13)14;/h1-8H2,(H4,11,12,15)(H4,13,14,16);1H. The number of rotatable bonds is 9. The Morgan fingerprint density at radius 2 is 1.47 bits per heavy atom. The van der Waals surface area contributed by atoms with Crippen LogP contribution in [0.1, 0.15) is 38.5 Å². The van der Waals surface area contributed by atoms with Gasteiger partial charge >= 0.3 is 0 Å². The summed E-state index contributed by atoms with van der Waals surface area (Å²) in [6, 6.07) is 0. The van der Waals surface area contributed by atoms with Gasteiger partial charge in [-0.2, -0.15) is 0 Å². The van der Waals surface area contributed by atoms with E-state index in [4.69, 9.17) is 22.6 Å². The summed E-state index contributed by atoms with van der Waals surface area (Å²) in [5.41, 5.74) is 15.6. The molecule has 0 spiro atoms. The Balaban J connectivity index is 0. The molecule has 8 N–H and O–H groups in total. The lowest BCUT2D eigenvalue weighted by atomic mass is 10.1. The summed E-state index contributed by atoms with van der Waals surface area (Å²) in [5.74, 6) is 0.229. The third-order valence-electron chi connectivity index (χ3n) is 2.19. The second-order valence-corrected chi connectivity index (χ2v) is 3.77. The Morgan fingerprint density at radius 3 is 2.00 bits per heavy atom. The first-order chi connectivity index (χ1) is 7.63. The van der Waals surface area contributed by atoms with Gasteiger partial charge in [0.25, 0.3) is 0 Å². The average Bonchev–Trinajstić information content (AvgIpc) is 2.20. The topological polar surface area (TPSA) is 126 Å². The fraction of sp³-hybridized carbons (Fsp3) is 0.800. The first-order valence-electron chi connectivity index (χ1n) is 5.76. The zero-order valence-corrected chi connectivity index (χ0v) is 11.1. The van der Waals surface area contributed by atoms with Crippen LogP contribution in [-0.4, -0.2) is 25.0 Å². The Labute approximate surface area is 109 Å². The van der Waals surface area contributed by atoms with Crippen molar-refractivity contribution < 1.29 is 0 Å². The Morgan fingerprint density at radius 1 is 0.941 bits per heavy atom. The van der Waals surface area contributed by atoms with Crippen LogP contribution in [0, 0.1) is 5.41 Å². The van der Waals surface area contributed by atoms with Gasteiger partial charge in [0.1, 0.15) is 0 Å². The lowest BCUT2D eigenvalue weighted by molar-refractivity contribution is 0.592. The van der Waals surface area contributed by atoms with Crippen molar-refractivity contribution in [2.24, 2.45) is 22.2 Å². The van der Waals surface area contributed by atoms with Crippen molar-refractivity contribution in [3.8, 4) is 0 Å². The molecule has 0 aromatic heterocycles. The molecule has 0 atom stereocenters. The Hall–Kier alpha value is -1.17. The van der Waals surface area contributed by atoms with E-state index < -0.39 is 0 Å². The van der Waals surface area contributed by atoms with Gasteiger partial charge in [-0.1, -0.05) is 25.7 Å². The van der Waals surface area contributed by atoms with Gasteiger partial charge in [0, 0.05) is 13.1 Å². The van der Waals surface area contributed by atoms with E-state index in [1.54, 1.807) is 0 Å². The van der Waals surface area contributed by atoms with Crippen LogP contribution in [0.5, 0.6) is 0 Å². The molecule has 0 rings (SSSR count). The van der Waals surface area contributed by atoms with Gasteiger partial charge in [-0.3, -0.25) is 10.4 Å². The smallest absolute Gasteiger partial charge is 0.185 e. The molecule has 0 saturated carbocycles. The lowest BCUT2D eigenvalue weighted by Crippen LogP contribution is -2.30. The van der Waals surface area contributed by atoms with Crippen molar-refractivity contribution in [2.75, 3.05) is 13.1 Å². The quantitative estimate of drug-likeness (QED) is 0.236. The second kappa shape index (κ2) is 12.9. The zero-order valence-electron chi connectivity index (χ0n) is 10.2. The first kappa shape index (κ1) is 18.2. The summed E-state index contributed by atoms with van der Waals surface area (Å²) in [5, 5.41) is 9.74. The minimum atomic E-state index is 0. The SMILES string of the molecule is Cl.N=C(N)NCCCCCCCCN=C(N)N. The highest BCUT2D eigenvalue weighted by Crippen LogP contribution is 2.04. The molecule has 0 amide bonds. The fourth-order valence-corrected chi connectivity index (χ4v) is 1.38. The molecule has 7 heteroatoms. The molecule has 0 radical (unpaired) electrons. The number of hydrogen-bond donors (Lipinski definition) is 5. The predicted octanol–water partition coefficient (Wildman–Crippen LogP) is 0.505. The van der Waals surface area contributed by atoms with Crippen molar-refractivity contribution in [3.05, 3.63) is 0 Å². The molecule has 0 bridgehead atoms. The van der Waals surface area contributed by atoms with Gasteiger partial charge in [-0.15, -0.1) is 12.4 Å². The van der Waals surface area contributed by atoms with Gasteiger partial charge in [0.2, 0.25) is 0 Å². The van der Waals surface area contributed by atoms with E-state index in [1.807, 2.05) is 0 Å². The van der Waals surface area contributed by atoms with Crippen molar-refractivity contribution >= 4 is 24.3 Å². The molecule has 0 aliphatic rings. The van der Waals surface area contributed by atoms with E-state index >= 15 is 0 Å². The third kappa shape index (κ3) is 17.4. The minimum Gasteiger partial charge on any atom is -0.370 e. The molecule has 0 heterocycles. The number of nitrogens with two attached hydrogens (primary N) is 3. The van der Waals surface area contributed by atoms with E-state index in [1.165, 1.54) is 19.3 Å². The monoisotopic (exact) mass is 264 g/mol. The highest BCUT2D eigenvalue weighted by molar-refractivity contribution is 5.85. The van der Waals surface area contributed by atoms with Crippen LogP contribution in [0.25, 0.3) is 0 Å². The zero-order chi connectivity index (χ0) is 12.2. The maximum atomic E-state index is 6.96. The highest BCUT2D eigenvalue weighted by Gasteiger charge is 1.92. The summed E-state index contributed by atoms with van der Waals surface area (Å²) in [4.78, 5) is 3.92. The van der Waals surface area contributed by atoms with E-state index in [0.29, 0.717) is 0 Å². The summed E-state index contributed by atoms with van der Waals surface area (Å²) in [6.45, 7) is 1.53. The van der Waals surface area contributed by atoms with Crippen LogP contribution >= 0.6 is 12.4 Å². The molecule has 0 unspecified atom stereocenters. The number of aliphatic imine (C=N–C) groups is 1. The Kier molecular flexibility index (Phi) is 13.8. The molecular formula is C10H25ClN6. The molecule has 0 aromatic rings. The second-order valence-electron chi connectivity index (χ2n) is 3.77. The average molecular weight is 265 g/mol. The number of nitrogens with one attached hydrogen (secondary N) is 2. The van der Waals surface area contributed by atoms with Crippen molar-refractivity contribution in [3.63, 3.8) is 0 Å². The van der Waals surface area contributed by atoms with Gasteiger partial charge in [-0.25, -0.2) is 0 Å². The molecule has 17 heavy (non-hydrogen) atoms. The van der Waals surface area contributed by atoms with Gasteiger partial charge in [-0.05, 0) is 12.8 Å². The number of nitrogens with zero attached hydrogens (tertiary/aromatic N) is 1. The molecule has 0 saturated heterocycles. The van der Waals surface area contributed by atoms with Crippen LogP contribution < -0.4 is 22.5 Å². The maximum absolute atomic E-state index is 6.96. The van der Waals surface area contributed by atoms with Crippen molar-refractivity contribution in [1.29, 1.82) is 5.41 Å². The third-order valence-corrected chi connectivity index (χ3v) is 2.19. The molecule has 102 valence electrons. The Bertz CT molecular complexity index is 215. The van der Waals surface area contributed by atoms with Crippen LogP contribution in [0.2, 0.25) is 0 Å². The van der Waals surface area contributed by atoms with Crippen LogP contribution in [0.3, 0.4) is 0 Å². The number of hydrogen-bond acceptors (Lipinski definition) is 2. The number of guanidine groups is 2. The minimum absolute atomic E-state index is 0. The van der Waals surface area contributed by atoms with Gasteiger partial charge < -0.3 is 22.5 Å². The summed E-state index contributed by atoms with van der Waals surface area (Å²) >= 11 is 0. The fourth-order valence-electron chi connectivity index (χ4n) is 1.38. The number of halogens is 1. The molecule has 0 fully saturated rings. The van der Waals surface area contributed by atoms with E-state index in [2.05, 4.69) is 10.3 Å². The normalized spacial score (nSPS) is 9.18. The van der Waals surface area contributed by atoms with Gasteiger partial charge in [0.05, 0.1) is 0 Å². The largest absolute Gasteiger partial charge is 0.370 e. The van der Waals surface area contributed by atoms with Crippen LogP contribution in [0.4, 0.5) is 0 Å². The van der Waals surface area contributed by atoms with Crippen molar-refractivity contribution in [2.45, 2.75) is 38.5 Å². The van der Waals surface area contributed by atoms with Crippen molar-refractivity contribution in [1.82, 2.24) is 5.32 Å². The lowest BCUT2D eigenvalue weighted by Gasteiger charge is -2.03. The summed E-state index contributed by atoms with van der Waals surface area (Å²) in [7, 11) is 0. The maximum Gasteiger partial charge on any atom is 0.185 e. The molecular weight excluding hydrogens is 240 g/mol. The van der Waals surface area contributed by atoms with Crippen LogP contribution in [-0.2, 0) is 0 Å². The van der Waals surface area contributed by atoms with Crippen LogP contribution in [0.15, 0.2) is 4.99 Å². The summed E-state index contributed by atoms with van der Waals surface area (Å²) < 4.78 is 0. The molecule has 6 nitrogen and oxygen atoms in total. The molecule has 0 aliphatic carbocycles. The van der Waals surface area contributed by atoms with E-state index in [9.17, 15) is 0 Å². The molecule has 0 aromatic carbocycles. The summed E-state index contributed by atoms with van der Waals surface area (Å²) in [6.07, 6.45) is 6.86. The van der Waals surface area contributed by atoms with E-state index in [-0.39, 0.29) is 24.3 Å².